The lowest BCUT2D eigenvalue weighted by Crippen LogP contribution is -2.32. The van der Waals surface area contributed by atoms with Gasteiger partial charge in [0.25, 0.3) is 0 Å². The van der Waals surface area contributed by atoms with Gasteiger partial charge in [0.15, 0.2) is 0 Å². The van der Waals surface area contributed by atoms with Crippen LogP contribution in [0.3, 0.4) is 0 Å². The van der Waals surface area contributed by atoms with Crippen LogP contribution in [0.1, 0.15) is 46.1 Å². The molecule has 0 bridgehead atoms. The average molecular weight is 312 g/mol. The van der Waals surface area contributed by atoms with E-state index in [1.807, 2.05) is 12.1 Å². The van der Waals surface area contributed by atoms with Crippen LogP contribution >= 0.6 is 11.6 Å². The van der Waals surface area contributed by atoms with Gasteiger partial charge in [-0.1, -0.05) is 37.6 Å². The first-order chi connectivity index (χ1) is 9.82. The van der Waals surface area contributed by atoms with Gasteiger partial charge in [-0.15, -0.1) is 0 Å². The molecule has 0 saturated heterocycles. The summed E-state index contributed by atoms with van der Waals surface area (Å²) in [6, 6.07) is 8.72. The minimum atomic E-state index is -0.0512. The molecule has 0 amide bonds. The molecule has 0 fully saturated rings. The molecule has 2 nitrogen and oxygen atoms in total. The van der Waals surface area contributed by atoms with Crippen LogP contribution < -0.4 is 5.32 Å². The SMILES string of the molecule is COC(C)(C)CCC(CNC(C)C)Cc1cccc(Cl)c1. The van der Waals surface area contributed by atoms with Crippen molar-refractivity contribution in [1.82, 2.24) is 5.32 Å². The second-order valence-electron chi connectivity index (χ2n) is 6.77. The molecule has 1 aromatic carbocycles. The Morgan fingerprint density at radius 2 is 2.00 bits per heavy atom. The fraction of sp³-hybridized carbons (Fsp3) is 0.667. The average Bonchev–Trinajstić information content (AvgIpc) is 2.42. The molecule has 0 radical (unpaired) electrons. The van der Waals surface area contributed by atoms with Gasteiger partial charge in [-0.3, -0.25) is 0 Å². The highest BCUT2D eigenvalue weighted by atomic mass is 35.5. The summed E-state index contributed by atoms with van der Waals surface area (Å²) in [5, 5.41) is 4.38. The van der Waals surface area contributed by atoms with Crippen molar-refractivity contribution in [2.45, 2.75) is 58.6 Å². The van der Waals surface area contributed by atoms with Crippen molar-refractivity contribution in [1.29, 1.82) is 0 Å². The number of hydrogen-bond acceptors (Lipinski definition) is 2. The molecule has 0 spiro atoms. The molecule has 0 aliphatic rings. The third kappa shape index (κ3) is 7.85. The highest BCUT2D eigenvalue weighted by Crippen LogP contribution is 2.23. The molecule has 1 rings (SSSR count). The molecule has 1 unspecified atom stereocenters. The number of hydrogen-bond donors (Lipinski definition) is 1. The van der Waals surface area contributed by atoms with E-state index in [1.54, 1.807) is 7.11 Å². The van der Waals surface area contributed by atoms with Gasteiger partial charge in [0.1, 0.15) is 0 Å². The Morgan fingerprint density at radius 3 is 2.57 bits per heavy atom. The first-order valence-corrected chi connectivity index (χ1v) is 8.23. The molecule has 1 N–H and O–H groups in total. The summed E-state index contributed by atoms with van der Waals surface area (Å²) in [5.74, 6) is 0.597. The molecule has 21 heavy (non-hydrogen) atoms. The van der Waals surface area contributed by atoms with Gasteiger partial charge in [0.05, 0.1) is 5.60 Å². The van der Waals surface area contributed by atoms with Gasteiger partial charge in [-0.05, 0) is 63.3 Å². The molecule has 3 heteroatoms. The Balaban J connectivity index is 2.63. The summed E-state index contributed by atoms with van der Waals surface area (Å²) >= 11 is 6.09. The van der Waals surface area contributed by atoms with E-state index in [0.717, 1.165) is 30.8 Å². The van der Waals surface area contributed by atoms with Crippen LogP contribution in [-0.2, 0) is 11.2 Å². The maximum Gasteiger partial charge on any atom is 0.0622 e. The van der Waals surface area contributed by atoms with E-state index in [4.69, 9.17) is 16.3 Å². The van der Waals surface area contributed by atoms with Crippen LogP contribution in [0.15, 0.2) is 24.3 Å². The number of ether oxygens (including phenoxy) is 1. The second kappa shape index (κ2) is 8.77. The first-order valence-electron chi connectivity index (χ1n) is 7.85. The lowest BCUT2D eigenvalue weighted by Gasteiger charge is -2.26. The van der Waals surface area contributed by atoms with Gasteiger partial charge < -0.3 is 10.1 Å². The van der Waals surface area contributed by atoms with Crippen LogP contribution in [0.25, 0.3) is 0 Å². The van der Waals surface area contributed by atoms with E-state index in [0.29, 0.717) is 12.0 Å². The van der Waals surface area contributed by atoms with Crippen molar-refractivity contribution in [3.05, 3.63) is 34.9 Å². The zero-order chi connectivity index (χ0) is 15.9. The normalized spacial score (nSPS) is 13.7. The molecule has 0 aromatic heterocycles. The van der Waals surface area contributed by atoms with E-state index in [1.165, 1.54) is 5.56 Å². The van der Waals surface area contributed by atoms with E-state index >= 15 is 0 Å². The van der Waals surface area contributed by atoms with Gasteiger partial charge >= 0.3 is 0 Å². The summed E-state index contributed by atoms with van der Waals surface area (Å²) < 4.78 is 5.54. The van der Waals surface area contributed by atoms with Crippen LogP contribution in [0, 0.1) is 5.92 Å². The minimum absolute atomic E-state index is 0.0512. The van der Waals surface area contributed by atoms with Crippen LogP contribution in [0.2, 0.25) is 5.02 Å². The molecule has 0 aliphatic heterocycles. The maximum atomic E-state index is 6.09. The maximum absolute atomic E-state index is 6.09. The highest BCUT2D eigenvalue weighted by Gasteiger charge is 2.19. The number of methoxy groups -OCH3 is 1. The van der Waals surface area contributed by atoms with Crippen molar-refractivity contribution >= 4 is 11.6 Å². The quantitative estimate of drug-likeness (QED) is 0.713. The summed E-state index contributed by atoms with van der Waals surface area (Å²) in [7, 11) is 1.79. The van der Waals surface area contributed by atoms with Crippen LogP contribution in [-0.4, -0.2) is 25.3 Å². The van der Waals surface area contributed by atoms with Crippen LogP contribution in [0.4, 0.5) is 0 Å². The molecular formula is C18H30ClNO. The predicted octanol–water partition coefficient (Wildman–Crippen LogP) is 4.70. The predicted molar refractivity (Wildman–Crippen MR) is 92.1 cm³/mol. The number of halogens is 1. The van der Waals surface area contributed by atoms with E-state index in [2.05, 4.69) is 45.1 Å². The largest absolute Gasteiger partial charge is 0.379 e. The Morgan fingerprint density at radius 1 is 1.29 bits per heavy atom. The molecule has 0 aliphatic carbocycles. The summed E-state index contributed by atoms with van der Waals surface area (Å²) in [4.78, 5) is 0. The van der Waals surface area contributed by atoms with Gasteiger partial charge in [0, 0.05) is 18.2 Å². The first kappa shape index (κ1) is 18.5. The molecular weight excluding hydrogens is 282 g/mol. The van der Waals surface area contributed by atoms with E-state index in [9.17, 15) is 0 Å². The zero-order valence-electron chi connectivity index (χ0n) is 14.1. The summed E-state index contributed by atoms with van der Waals surface area (Å²) in [6.45, 7) is 9.72. The monoisotopic (exact) mass is 311 g/mol. The lowest BCUT2D eigenvalue weighted by atomic mass is 9.90. The minimum Gasteiger partial charge on any atom is -0.379 e. The fourth-order valence-corrected chi connectivity index (χ4v) is 2.54. The Kier molecular flexibility index (Phi) is 7.72. The second-order valence-corrected chi connectivity index (χ2v) is 7.20. The third-order valence-electron chi connectivity index (χ3n) is 3.94. The van der Waals surface area contributed by atoms with E-state index < -0.39 is 0 Å². The Hall–Kier alpha value is -0.570. The molecule has 0 heterocycles. The molecule has 1 atom stereocenters. The zero-order valence-corrected chi connectivity index (χ0v) is 14.8. The highest BCUT2D eigenvalue weighted by molar-refractivity contribution is 6.30. The topological polar surface area (TPSA) is 21.3 Å². The van der Waals surface area contributed by atoms with Crippen molar-refractivity contribution in [2.24, 2.45) is 5.92 Å². The summed E-state index contributed by atoms with van der Waals surface area (Å²) in [6.07, 6.45) is 3.27. The van der Waals surface area contributed by atoms with Crippen molar-refractivity contribution in [2.75, 3.05) is 13.7 Å². The van der Waals surface area contributed by atoms with Gasteiger partial charge in [0.2, 0.25) is 0 Å². The number of benzene rings is 1. The molecule has 120 valence electrons. The van der Waals surface area contributed by atoms with Gasteiger partial charge in [-0.2, -0.15) is 0 Å². The lowest BCUT2D eigenvalue weighted by molar-refractivity contribution is 0.0103. The van der Waals surface area contributed by atoms with Crippen molar-refractivity contribution in [3.8, 4) is 0 Å². The Labute approximate surface area is 135 Å². The smallest absolute Gasteiger partial charge is 0.0622 e. The van der Waals surface area contributed by atoms with Crippen molar-refractivity contribution < 1.29 is 4.74 Å². The summed E-state index contributed by atoms with van der Waals surface area (Å²) in [5.41, 5.74) is 1.26. The standard InChI is InChI=1S/C18H30ClNO/c1-14(2)20-13-16(9-10-18(3,4)21-5)11-15-7-6-8-17(19)12-15/h6-8,12,14,16,20H,9-11,13H2,1-5H3. The number of rotatable bonds is 9. The molecule has 1 aromatic rings. The Bertz CT molecular complexity index is 417. The van der Waals surface area contributed by atoms with Gasteiger partial charge in [-0.25, -0.2) is 0 Å². The molecule has 0 saturated carbocycles. The number of nitrogens with one attached hydrogen (secondary N) is 1. The van der Waals surface area contributed by atoms with Crippen LogP contribution in [0.5, 0.6) is 0 Å². The fourth-order valence-electron chi connectivity index (χ4n) is 2.33. The third-order valence-corrected chi connectivity index (χ3v) is 4.17. The van der Waals surface area contributed by atoms with Crippen molar-refractivity contribution in [3.63, 3.8) is 0 Å². The van der Waals surface area contributed by atoms with E-state index in [-0.39, 0.29) is 5.60 Å².